The highest BCUT2D eigenvalue weighted by Gasteiger charge is 2.40. The second-order valence-corrected chi connectivity index (χ2v) is 3.56. The summed E-state index contributed by atoms with van der Waals surface area (Å²) in [5, 5.41) is 8.50. The summed E-state index contributed by atoms with van der Waals surface area (Å²) in [6.45, 7) is 0.0185. The third-order valence-electron chi connectivity index (χ3n) is 2.30. The van der Waals surface area contributed by atoms with Crippen LogP contribution in [-0.4, -0.2) is 49.0 Å². The summed E-state index contributed by atoms with van der Waals surface area (Å²) in [4.78, 5) is 1.22. The van der Waals surface area contributed by atoms with Crippen LogP contribution in [0.2, 0.25) is 0 Å². The van der Waals surface area contributed by atoms with Gasteiger partial charge in [-0.3, -0.25) is 4.90 Å². The summed E-state index contributed by atoms with van der Waals surface area (Å²) in [7, 11) is 1.42. The molecule has 3 N–H and O–H groups in total. The summed E-state index contributed by atoms with van der Waals surface area (Å²) in [5.74, 6) is 0. The van der Waals surface area contributed by atoms with Gasteiger partial charge in [0, 0.05) is 13.2 Å². The molecule has 0 aromatic carbocycles. The number of halogens is 3. The minimum atomic E-state index is -4.26. The molecule has 0 aromatic rings. The van der Waals surface area contributed by atoms with Crippen LogP contribution in [0, 0.1) is 0 Å². The molecule has 0 aliphatic carbocycles. The van der Waals surface area contributed by atoms with Gasteiger partial charge in [0.15, 0.2) is 0 Å². The molecule has 92 valence electrons. The molecular weight excluding hydrogens is 209 g/mol. The molecule has 0 bridgehead atoms. The van der Waals surface area contributed by atoms with E-state index in [1.165, 1.54) is 11.9 Å². The van der Waals surface area contributed by atoms with Gasteiger partial charge in [0.25, 0.3) is 0 Å². The number of hydrogen-bond donors (Lipinski definition) is 2. The molecule has 0 aliphatic heterocycles. The molecule has 6 heteroatoms. The van der Waals surface area contributed by atoms with Gasteiger partial charge in [0.2, 0.25) is 0 Å². The lowest BCUT2D eigenvalue weighted by Gasteiger charge is -2.28. The Kier molecular flexibility index (Phi) is 6.87. The zero-order chi connectivity index (χ0) is 11.9. The number of likely N-dealkylation sites (N-methyl/N-ethyl adjacent to an activating group) is 1. The van der Waals surface area contributed by atoms with Crippen molar-refractivity contribution in [1.82, 2.24) is 4.90 Å². The Balaban J connectivity index is 3.89. The zero-order valence-electron chi connectivity index (χ0n) is 8.93. The maximum Gasteiger partial charge on any atom is 0.405 e. The van der Waals surface area contributed by atoms with E-state index >= 15 is 0 Å². The molecule has 0 aromatic heterocycles. The van der Waals surface area contributed by atoms with Gasteiger partial charge < -0.3 is 10.8 Å². The maximum atomic E-state index is 12.4. The van der Waals surface area contributed by atoms with Crippen molar-refractivity contribution in [2.24, 2.45) is 5.73 Å². The van der Waals surface area contributed by atoms with Crippen molar-refractivity contribution in [2.75, 3.05) is 26.7 Å². The average Bonchev–Trinajstić information content (AvgIpc) is 2.11. The first-order chi connectivity index (χ1) is 6.93. The fourth-order valence-electron chi connectivity index (χ4n) is 1.37. The molecule has 15 heavy (non-hydrogen) atoms. The Bertz CT molecular complexity index is 164. The lowest BCUT2D eigenvalue weighted by atomic mass is 10.2. The number of nitrogens with two attached hydrogens (primary N) is 1. The third-order valence-corrected chi connectivity index (χ3v) is 2.30. The minimum Gasteiger partial charge on any atom is -0.396 e. The number of aliphatic hydroxyl groups excluding tert-OH is 1. The molecule has 3 nitrogen and oxygen atoms in total. The van der Waals surface area contributed by atoms with Gasteiger partial charge in [-0.2, -0.15) is 13.2 Å². The van der Waals surface area contributed by atoms with Gasteiger partial charge in [-0.15, -0.1) is 0 Å². The lowest BCUT2D eigenvalue weighted by molar-refractivity contribution is -0.177. The van der Waals surface area contributed by atoms with Crippen LogP contribution in [0.4, 0.5) is 13.2 Å². The summed E-state index contributed by atoms with van der Waals surface area (Å²) in [6.07, 6.45) is -2.26. The molecule has 0 saturated carbocycles. The number of nitrogens with zero attached hydrogens (tertiary/aromatic N) is 1. The van der Waals surface area contributed by atoms with E-state index in [4.69, 9.17) is 10.8 Å². The van der Waals surface area contributed by atoms with Gasteiger partial charge >= 0.3 is 6.18 Å². The van der Waals surface area contributed by atoms with Crippen LogP contribution >= 0.6 is 0 Å². The van der Waals surface area contributed by atoms with Crippen LogP contribution in [0.5, 0.6) is 0 Å². The molecular formula is C9H19F3N2O. The van der Waals surface area contributed by atoms with Gasteiger partial charge in [-0.25, -0.2) is 0 Å². The van der Waals surface area contributed by atoms with Crippen molar-refractivity contribution < 1.29 is 18.3 Å². The van der Waals surface area contributed by atoms with Crippen LogP contribution in [0.25, 0.3) is 0 Å². The molecule has 1 unspecified atom stereocenters. The fourth-order valence-corrected chi connectivity index (χ4v) is 1.37. The van der Waals surface area contributed by atoms with E-state index in [-0.39, 0.29) is 6.61 Å². The van der Waals surface area contributed by atoms with Crippen LogP contribution in [0.3, 0.4) is 0 Å². The standard InChI is InChI=1S/C9H19F3N2O/c1-14(5-3-2-4-6-15)8(7-13)9(10,11)12/h8,15H,2-7,13H2,1H3. The maximum absolute atomic E-state index is 12.4. The fraction of sp³-hybridized carbons (Fsp3) is 1.00. The number of unbranched alkanes of at least 4 members (excludes halogenated alkanes) is 2. The van der Waals surface area contributed by atoms with Gasteiger partial charge in [-0.1, -0.05) is 0 Å². The van der Waals surface area contributed by atoms with Crippen molar-refractivity contribution in [3.8, 4) is 0 Å². The summed E-state index contributed by atoms with van der Waals surface area (Å²) < 4.78 is 37.2. The van der Waals surface area contributed by atoms with Crippen LogP contribution < -0.4 is 5.73 Å². The van der Waals surface area contributed by atoms with Gasteiger partial charge in [0.1, 0.15) is 6.04 Å². The smallest absolute Gasteiger partial charge is 0.396 e. The zero-order valence-corrected chi connectivity index (χ0v) is 8.93. The summed E-state index contributed by atoms with van der Waals surface area (Å²) >= 11 is 0. The molecule has 0 saturated heterocycles. The van der Waals surface area contributed by atoms with E-state index in [0.29, 0.717) is 19.4 Å². The molecule has 0 rings (SSSR count). The van der Waals surface area contributed by atoms with Crippen LogP contribution in [-0.2, 0) is 0 Å². The van der Waals surface area contributed by atoms with Gasteiger partial charge in [-0.05, 0) is 32.9 Å². The normalized spacial score (nSPS) is 14.6. The van der Waals surface area contributed by atoms with Gasteiger partial charge in [0.05, 0.1) is 0 Å². The topological polar surface area (TPSA) is 49.5 Å². The Hall–Kier alpha value is -0.330. The second kappa shape index (κ2) is 7.03. The Morgan fingerprint density at radius 2 is 1.87 bits per heavy atom. The largest absolute Gasteiger partial charge is 0.405 e. The van der Waals surface area contributed by atoms with Crippen molar-refractivity contribution in [1.29, 1.82) is 0 Å². The molecule has 0 aliphatic rings. The van der Waals surface area contributed by atoms with Crippen LogP contribution in [0.15, 0.2) is 0 Å². The molecule has 0 fully saturated rings. The number of hydrogen-bond acceptors (Lipinski definition) is 3. The van der Waals surface area contributed by atoms with Crippen LogP contribution in [0.1, 0.15) is 19.3 Å². The first-order valence-corrected chi connectivity index (χ1v) is 5.01. The first-order valence-electron chi connectivity index (χ1n) is 5.01. The predicted octanol–water partition coefficient (Wildman–Crippen LogP) is 0.970. The van der Waals surface area contributed by atoms with E-state index in [1.54, 1.807) is 0 Å². The van der Waals surface area contributed by atoms with E-state index in [2.05, 4.69) is 0 Å². The lowest BCUT2D eigenvalue weighted by Crippen LogP contribution is -2.48. The Labute approximate surface area is 88.0 Å². The molecule has 0 amide bonds. The minimum absolute atomic E-state index is 0.0866. The number of alkyl halides is 3. The van der Waals surface area contributed by atoms with Crippen molar-refractivity contribution in [3.05, 3.63) is 0 Å². The highest BCUT2D eigenvalue weighted by atomic mass is 19.4. The molecule has 0 heterocycles. The quantitative estimate of drug-likeness (QED) is 0.638. The second-order valence-electron chi connectivity index (χ2n) is 3.56. The predicted molar refractivity (Wildman–Crippen MR) is 52.5 cm³/mol. The highest BCUT2D eigenvalue weighted by Crippen LogP contribution is 2.23. The Morgan fingerprint density at radius 3 is 2.27 bits per heavy atom. The van der Waals surface area contributed by atoms with E-state index in [0.717, 1.165) is 6.42 Å². The number of rotatable bonds is 7. The molecule has 0 radical (unpaired) electrons. The Morgan fingerprint density at radius 1 is 1.27 bits per heavy atom. The van der Waals surface area contributed by atoms with E-state index in [9.17, 15) is 13.2 Å². The average molecular weight is 228 g/mol. The third kappa shape index (κ3) is 5.96. The highest BCUT2D eigenvalue weighted by molar-refractivity contribution is 4.77. The summed E-state index contributed by atoms with van der Waals surface area (Å²) in [6, 6.07) is -1.56. The first kappa shape index (κ1) is 14.7. The summed E-state index contributed by atoms with van der Waals surface area (Å²) in [5.41, 5.74) is 5.09. The van der Waals surface area contributed by atoms with Crippen molar-refractivity contribution in [2.45, 2.75) is 31.5 Å². The van der Waals surface area contributed by atoms with Crippen molar-refractivity contribution >= 4 is 0 Å². The number of aliphatic hydroxyl groups is 1. The van der Waals surface area contributed by atoms with Crippen molar-refractivity contribution in [3.63, 3.8) is 0 Å². The molecule has 0 spiro atoms. The van der Waals surface area contributed by atoms with E-state index < -0.39 is 18.8 Å². The monoisotopic (exact) mass is 228 g/mol. The van der Waals surface area contributed by atoms with E-state index in [1.807, 2.05) is 0 Å². The molecule has 1 atom stereocenters. The SMILES string of the molecule is CN(CCCCCO)C(CN)C(F)(F)F.